The van der Waals surface area contributed by atoms with Gasteiger partial charge in [-0.05, 0) is 43.0 Å². The van der Waals surface area contributed by atoms with E-state index in [-0.39, 0.29) is 18.1 Å². The molecule has 1 aliphatic rings. The highest BCUT2D eigenvalue weighted by atomic mass is 28.3. The number of carbonyl (C=O) groups excluding carboxylic acids is 1. The van der Waals surface area contributed by atoms with E-state index in [1.165, 1.54) is 0 Å². The van der Waals surface area contributed by atoms with Crippen LogP contribution in [0, 0.1) is 11.3 Å². The normalized spacial score (nSPS) is 23.3. The number of aromatic nitrogens is 1. The molecule has 1 fully saturated rings. The van der Waals surface area contributed by atoms with Crippen molar-refractivity contribution >= 4 is 15.1 Å². The molecule has 0 saturated carbocycles. The summed E-state index contributed by atoms with van der Waals surface area (Å²) in [5.41, 5.74) is 0.287. The van der Waals surface area contributed by atoms with Crippen molar-refractivity contribution in [3.63, 3.8) is 0 Å². The van der Waals surface area contributed by atoms with Crippen LogP contribution in [-0.4, -0.2) is 43.9 Å². The van der Waals surface area contributed by atoms with Crippen molar-refractivity contribution < 1.29 is 14.0 Å². The number of hydrogen-bond donors (Lipinski definition) is 0. The van der Waals surface area contributed by atoms with E-state index >= 15 is 0 Å². The fourth-order valence-corrected chi connectivity index (χ4v) is 4.47. The van der Waals surface area contributed by atoms with Crippen molar-refractivity contribution in [2.24, 2.45) is 11.3 Å². The number of carbonyl (C=O) groups is 1. The summed E-state index contributed by atoms with van der Waals surface area (Å²) in [5.74, 6) is 0.323. The molecule has 1 saturated heterocycles. The first-order valence-electron chi connectivity index (χ1n) is 9.12. The highest BCUT2D eigenvalue weighted by Gasteiger charge is 2.52. The minimum atomic E-state index is -1.05. The number of hydrogen-bond acceptors (Lipinski definition) is 4. The van der Waals surface area contributed by atoms with E-state index < -0.39 is 14.8 Å². The summed E-state index contributed by atoms with van der Waals surface area (Å²) in [6.45, 7) is 15.3. The molecule has 2 heterocycles. The van der Waals surface area contributed by atoms with Crippen LogP contribution in [-0.2, 0) is 15.6 Å². The summed E-state index contributed by atoms with van der Waals surface area (Å²) in [7, 11) is -1.05. The predicted octanol–water partition coefficient (Wildman–Crippen LogP) is 4.28. The topological polar surface area (TPSA) is 51.7 Å². The van der Waals surface area contributed by atoms with Crippen molar-refractivity contribution in [1.82, 2.24) is 9.88 Å². The summed E-state index contributed by atoms with van der Waals surface area (Å²) in [6.07, 6.45) is 4.39. The van der Waals surface area contributed by atoms with E-state index in [4.69, 9.17) is 9.16 Å². The average molecular weight is 376 g/mol. The van der Waals surface area contributed by atoms with Crippen molar-refractivity contribution in [1.29, 1.82) is 0 Å². The van der Waals surface area contributed by atoms with Crippen LogP contribution in [0.4, 0.5) is 4.79 Å². The second kappa shape index (κ2) is 8.35. The number of pyridine rings is 1. The van der Waals surface area contributed by atoms with Gasteiger partial charge in [-0.3, -0.25) is 9.88 Å². The van der Waals surface area contributed by atoms with E-state index in [1.54, 1.807) is 17.2 Å². The molecule has 0 bridgehead atoms. The monoisotopic (exact) mass is 375 g/mol. The molecule has 0 aliphatic carbocycles. The van der Waals surface area contributed by atoms with Gasteiger partial charge in [-0.1, -0.05) is 39.5 Å². The van der Waals surface area contributed by atoms with Crippen molar-refractivity contribution in [3.8, 4) is 0 Å². The Bertz CT molecular complexity index is 615. The Labute approximate surface area is 159 Å². The number of likely N-dealkylation sites (tertiary alicyclic amines) is 1. The largest absolute Gasteiger partial charge is 0.445 e. The van der Waals surface area contributed by atoms with Gasteiger partial charge < -0.3 is 9.16 Å². The van der Waals surface area contributed by atoms with Gasteiger partial charge in [0, 0.05) is 24.9 Å². The van der Waals surface area contributed by atoms with Crippen LogP contribution in [0.1, 0.15) is 32.9 Å². The molecule has 26 heavy (non-hydrogen) atoms. The van der Waals surface area contributed by atoms with Gasteiger partial charge in [0.1, 0.15) is 12.3 Å². The molecule has 6 heteroatoms. The molecule has 1 aromatic heterocycles. The van der Waals surface area contributed by atoms with Crippen LogP contribution in [0.15, 0.2) is 37.1 Å². The average Bonchev–Trinajstić information content (AvgIpc) is 2.92. The molecule has 0 spiro atoms. The maximum atomic E-state index is 12.8. The van der Waals surface area contributed by atoms with Gasteiger partial charge in [0.05, 0.1) is 0 Å². The SMILES string of the molecule is C=CCOC(=O)N1C[C@@H](C(C)(C)C)C[C@]1(Cc1ccccn1)O[Si](C)C. The first-order valence-corrected chi connectivity index (χ1v) is 11.5. The van der Waals surface area contributed by atoms with E-state index in [0.29, 0.717) is 18.9 Å². The molecule has 5 nitrogen and oxygen atoms in total. The Morgan fingerprint density at radius 1 is 1.46 bits per heavy atom. The third-order valence-electron chi connectivity index (χ3n) is 4.81. The molecule has 1 radical (unpaired) electrons. The Morgan fingerprint density at radius 2 is 2.19 bits per heavy atom. The molecule has 143 valence electrons. The summed E-state index contributed by atoms with van der Waals surface area (Å²) >= 11 is 0. The number of amides is 1. The van der Waals surface area contributed by atoms with Gasteiger partial charge in [-0.2, -0.15) is 0 Å². The van der Waals surface area contributed by atoms with Gasteiger partial charge in [-0.25, -0.2) is 4.79 Å². The molecule has 1 amide bonds. The lowest BCUT2D eigenvalue weighted by atomic mass is 9.78. The van der Waals surface area contributed by atoms with Crippen molar-refractivity contribution in [2.75, 3.05) is 13.2 Å². The van der Waals surface area contributed by atoms with Crippen molar-refractivity contribution in [3.05, 3.63) is 42.7 Å². The lowest BCUT2D eigenvalue weighted by Crippen LogP contribution is -2.53. The zero-order valence-electron chi connectivity index (χ0n) is 16.6. The third kappa shape index (κ3) is 4.95. The quantitative estimate of drug-likeness (QED) is 0.550. The molecule has 2 atom stereocenters. The van der Waals surface area contributed by atoms with E-state index in [1.807, 2.05) is 18.2 Å². The van der Waals surface area contributed by atoms with Gasteiger partial charge in [0.25, 0.3) is 0 Å². The summed E-state index contributed by atoms with van der Waals surface area (Å²) < 4.78 is 11.9. The van der Waals surface area contributed by atoms with Crippen LogP contribution >= 0.6 is 0 Å². The molecule has 1 aliphatic heterocycles. The number of ether oxygens (including phenoxy) is 1. The standard InChI is InChI=1S/C20H31N2O3Si/c1-7-12-24-18(23)22-15-16(19(2,3)4)13-20(22,25-26(5)6)14-17-10-8-9-11-21-17/h7-11,16H,1,12-15H2,2-6H3/t16-,20+/m0/s1. The lowest BCUT2D eigenvalue weighted by molar-refractivity contribution is -0.0514. The molecule has 1 aromatic rings. The number of nitrogens with zero attached hydrogens (tertiary/aromatic N) is 2. The smallest absolute Gasteiger partial charge is 0.412 e. The lowest BCUT2D eigenvalue weighted by Gasteiger charge is -2.39. The Kier molecular flexibility index (Phi) is 6.63. The first kappa shape index (κ1) is 20.6. The number of rotatable bonds is 6. The molecular weight excluding hydrogens is 344 g/mol. The second-order valence-electron chi connectivity index (χ2n) is 8.20. The molecule has 0 aromatic carbocycles. The second-order valence-corrected chi connectivity index (χ2v) is 10.2. The van der Waals surface area contributed by atoms with Crippen LogP contribution in [0.5, 0.6) is 0 Å². The fraction of sp³-hybridized carbons (Fsp3) is 0.600. The molecular formula is C20H31N2O3Si. The van der Waals surface area contributed by atoms with E-state index in [9.17, 15) is 4.79 Å². The van der Waals surface area contributed by atoms with Gasteiger partial charge in [-0.15, -0.1) is 0 Å². The predicted molar refractivity (Wildman–Crippen MR) is 105 cm³/mol. The first-order chi connectivity index (χ1) is 12.2. The van der Waals surface area contributed by atoms with Gasteiger partial charge in [0.2, 0.25) is 9.04 Å². The minimum Gasteiger partial charge on any atom is -0.445 e. The Morgan fingerprint density at radius 3 is 2.73 bits per heavy atom. The molecule has 0 unspecified atom stereocenters. The maximum Gasteiger partial charge on any atom is 0.412 e. The highest BCUT2D eigenvalue weighted by molar-refractivity contribution is 6.48. The maximum absolute atomic E-state index is 12.8. The molecule has 0 N–H and O–H groups in total. The van der Waals surface area contributed by atoms with Crippen LogP contribution in [0.25, 0.3) is 0 Å². The van der Waals surface area contributed by atoms with Crippen molar-refractivity contribution in [2.45, 2.75) is 52.4 Å². The third-order valence-corrected chi connectivity index (χ3v) is 5.60. The summed E-state index contributed by atoms with van der Waals surface area (Å²) in [4.78, 5) is 19.1. The van der Waals surface area contributed by atoms with Crippen LogP contribution < -0.4 is 0 Å². The van der Waals surface area contributed by atoms with E-state index in [0.717, 1.165) is 12.1 Å². The zero-order valence-corrected chi connectivity index (χ0v) is 17.6. The highest BCUT2D eigenvalue weighted by Crippen LogP contribution is 2.45. The van der Waals surface area contributed by atoms with Gasteiger partial charge >= 0.3 is 6.09 Å². The summed E-state index contributed by atoms with van der Waals surface area (Å²) in [5, 5.41) is 0. The fourth-order valence-electron chi connectivity index (χ4n) is 3.44. The molecule has 2 rings (SSSR count). The Balaban J connectivity index is 2.40. The Hall–Kier alpha value is -1.66. The van der Waals surface area contributed by atoms with Crippen LogP contribution in [0.2, 0.25) is 13.1 Å². The minimum absolute atomic E-state index is 0.0700. The zero-order chi connectivity index (χ0) is 19.4. The van der Waals surface area contributed by atoms with Crippen LogP contribution in [0.3, 0.4) is 0 Å². The van der Waals surface area contributed by atoms with E-state index in [2.05, 4.69) is 45.4 Å². The van der Waals surface area contributed by atoms with Gasteiger partial charge in [0.15, 0.2) is 0 Å². The summed E-state index contributed by atoms with van der Waals surface area (Å²) in [6, 6.07) is 5.85.